The highest BCUT2D eigenvalue weighted by molar-refractivity contribution is 5.91. The van der Waals surface area contributed by atoms with Crippen LogP contribution in [-0.4, -0.2) is 16.9 Å². The molecule has 0 saturated carbocycles. The molecule has 1 amide bonds. The molecule has 0 aliphatic heterocycles. The number of hydrogen-bond donors (Lipinski definition) is 2. The van der Waals surface area contributed by atoms with Crippen molar-refractivity contribution >= 4 is 11.6 Å². The highest BCUT2D eigenvalue weighted by Gasteiger charge is 2.09. The summed E-state index contributed by atoms with van der Waals surface area (Å²) < 4.78 is 19.3. The Balaban J connectivity index is 1.96. The molecular weight excluding hydrogens is 285 g/mol. The standard InChI is InChI=1S/C16H18FN3O2/c1-11(18)8-16(21)20-12-5-6-15(14(17)9-12)22-10-13-4-2-3-7-19-13/h2-7,9,11H,8,10,18H2,1H3,(H,20,21). The lowest BCUT2D eigenvalue weighted by atomic mass is 10.2. The molecule has 0 fully saturated rings. The van der Waals surface area contributed by atoms with Crippen molar-refractivity contribution in [1.82, 2.24) is 4.98 Å². The van der Waals surface area contributed by atoms with Gasteiger partial charge in [0.05, 0.1) is 5.69 Å². The Kier molecular flexibility index (Phi) is 5.43. The number of carbonyl (C=O) groups excluding carboxylic acids is 1. The molecule has 0 spiro atoms. The predicted molar refractivity (Wildman–Crippen MR) is 81.9 cm³/mol. The number of benzene rings is 1. The average Bonchev–Trinajstić information content (AvgIpc) is 2.46. The molecule has 1 aromatic heterocycles. The number of carbonyl (C=O) groups is 1. The van der Waals surface area contributed by atoms with E-state index >= 15 is 0 Å². The van der Waals surface area contributed by atoms with E-state index in [9.17, 15) is 9.18 Å². The zero-order chi connectivity index (χ0) is 15.9. The summed E-state index contributed by atoms with van der Waals surface area (Å²) >= 11 is 0. The monoisotopic (exact) mass is 303 g/mol. The third-order valence-electron chi connectivity index (χ3n) is 2.82. The van der Waals surface area contributed by atoms with Gasteiger partial charge in [-0.05, 0) is 31.2 Å². The van der Waals surface area contributed by atoms with E-state index in [2.05, 4.69) is 10.3 Å². The summed E-state index contributed by atoms with van der Waals surface area (Å²) in [5, 5.41) is 2.59. The molecule has 0 saturated heterocycles. The van der Waals surface area contributed by atoms with Gasteiger partial charge in [-0.25, -0.2) is 4.39 Å². The Bertz CT molecular complexity index is 633. The van der Waals surface area contributed by atoms with Crippen LogP contribution >= 0.6 is 0 Å². The van der Waals surface area contributed by atoms with Gasteiger partial charge in [-0.1, -0.05) is 6.07 Å². The Hall–Kier alpha value is -2.47. The van der Waals surface area contributed by atoms with Gasteiger partial charge < -0.3 is 15.8 Å². The van der Waals surface area contributed by atoms with E-state index in [-0.39, 0.29) is 30.7 Å². The van der Waals surface area contributed by atoms with Crippen LogP contribution in [-0.2, 0) is 11.4 Å². The first-order valence-electron chi connectivity index (χ1n) is 6.92. The number of aromatic nitrogens is 1. The minimum absolute atomic E-state index is 0.107. The van der Waals surface area contributed by atoms with Crippen LogP contribution in [0.15, 0.2) is 42.6 Å². The van der Waals surface area contributed by atoms with Crippen molar-refractivity contribution in [1.29, 1.82) is 0 Å². The van der Waals surface area contributed by atoms with Crippen molar-refractivity contribution in [2.75, 3.05) is 5.32 Å². The van der Waals surface area contributed by atoms with Crippen molar-refractivity contribution in [3.63, 3.8) is 0 Å². The molecular formula is C16H18FN3O2. The molecule has 6 heteroatoms. The van der Waals surface area contributed by atoms with Crippen LogP contribution in [0.2, 0.25) is 0 Å². The number of nitrogens with two attached hydrogens (primary N) is 1. The molecule has 0 aliphatic rings. The Morgan fingerprint density at radius 2 is 2.23 bits per heavy atom. The largest absolute Gasteiger partial charge is 0.484 e. The van der Waals surface area contributed by atoms with Crippen LogP contribution in [0.4, 0.5) is 10.1 Å². The zero-order valence-electron chi connectivity index (χ0n) is 12.3. The number of nitrogens with zero attached hydrogens (tertiary/aromatic N) is 1. The number of ether oxygens (including phenoxy) is 1. The summed E-state index contributed by atoms with van der Waals surface area (Å²) in [6, 6.07) is 9.44. The summed E-state index contributed by atoms with van der Waals surface area (Å²) in [7, 11) is 0. The van der Waals surface area contributed by atoms with Crippen LogP contribution < -0.4 is 15.8 Å². The van der Waals surface area contributed by atoms with Gasteiger partial charge in [0.1, 0.15) is 6.61 Å². The predicted octanol–water partition coefficient (Wildman–Crippen LogP) is 2.48. The lowest BCUT2D eigenvalue weighted by Crippen LogP contribution is -2.24. The van der Waals surface area contributed by atoms with E-state index in [1.165, 1.54) is 12.1 Å². The molecule has 0 radical (unpaired) electrons. The lowest BCUT2D eigenvalue weighted by molar-refractivity contribution is -0.116. The van der Waals surface area contributed by atoms with Crippen molar-refractivity contribution in [3.8, 4) is 5.75 Å². The van der Waals surface area contributed by atoms with Crippen molar-refractivity contribution < 1.29 is 13.9 Å². The summed E-state index contributed by atoms with van der Waals surface area (Å²) in [5.74, 6) is -0.693. The van der Waals surface area contributed by atoms with Crippen molar-refractivity contribution in [2.45, 2.75) is 26.0 Å². The van der Waals surface area contributed by atoms with E-state index in [1.54, 1.807) is 31.3 Å². The molecule has 2 rings (SSSR count). The molecule has 22 heavy (non-hydrogen) atoms. The highest BCUT2D eigenvalue weighted by atomic mass is 19.1. The normalized spacial score (nSPS) is 11.8. The van der Waals surface area contributed by atoms with Crippen LogP contribution in [0.25, 0.3) is 0 Å². The molecule has 5 nitrogen and oxygen atoms in total. The van der Waals surface area contributed by atoms with Crippen LogP contribution in [0.3, 0.4) is 0 Å². The third-order valence-corrected chi connectivity index (χ3v) is 2.82. The number of amides is 1. The fourth-order valence-corrected chi connectivity index (χ4v) is 1.84. The topological polar surface area (TPSA) is 77.2 Å². The first kappa shape index (κ1) is 15.9. The molecule has 0 bridgehead atoms. The van der Waals surface area contributed by atoms with E-state index in [0.29, 0.717) is 11.4 Å². The van der Waals surface area contributed by atoms with Crippen LogP contribution in [0.1, 0.15) is 19.0 Å². The molecule has 1 heterocycles. The first-order chi connectivity index (χ1) is 10.5. The molecule has 116 valence electrons. The van der Waals surface area contributed by atoms with Gasteiger partial charge in [-0.3, -0.25) is 9.78 Å². The van der Waals surface area contributed by atoms with Gasteiger partial charge in [0.15, 0.2) is 11.6 Å². The number of hydrogen-bond acceptors (Lipinski definition) is 4. The van der Waals surface area contributed by atoms with E-state index in [0.717, 1.165) is 0 Å². The Morgan fingerprint density at radius 3 is 2.86 bits per heavy atom. The van der Waals surface area contributed by atoms with Crippen molar-refractivity contribution in [3.05, 3.63) is 54.1 Å². The van der Waals surface area contributed by atoms with Gasteiger partial charge >= 0.3 is 0 Å². The Labute approximate surface area is 128 Å². The fraction of sp³-hybridized carbons (Fsp3) is 0.250. The summed E-state index contributed by atoms with van der Waals surface area (Å²) in [6.45, 7) is 1.91. The minimum Gasteiger partial charge on any atom is -0.484 e. The Morgan fingerprint density at radius 1 is 1.41 bits per heavy atom. The van der Waals surface area contributed by atoms with E-state index in [4.69, 9.17) is 10.5 Å². The van der Waals surface area contributed by atoms with Crippen LogP contribution in [0, 0.1) is 5.82 Å². The fourth-order valence-electron chi connectivity index (χ4n) is 1.84. The third kappa shape index (κ3) is 4.82. The second kappa shape index (κ2) is 7.51. The van der Waals surface area contributed by atoms with Gasteiger partial charge in [0.25, 0.3) is 0 Å². The molecule has 1 aromatic carbocycles. The maximum atomic E-state index is 13.9. The molecule has 2 aromatic rings. The minimum atomic E-state index is -0.547. The van der Waals surface area contributed by atoms with Gasteiger partial charge in [-0.15, -0.1) is 0 Å². The number of halogens is 1. The average molecular weight is 303 g/mol. The summed E-state index contributed by atoms with van der Waals surface area (Å²) in [5.41, 5.74) is 6.61. The second-order valence-electron chi connectivity index (χ2n) is 4.98. The smallest absolute Gasteiger partial charge is 0.225 e. The molecule has 3 N–H and O–H groups in total. The molecule has 1 unspecified atom stereocenters. The number of rotatable bonds is 6. The maximum Gasteiger partial charge on any atom is 0.225 e. The first-order valence-corrected chi connectivity index (χ1v) is 6.92. The van der Waals surface area contributed by atoms with E-state index < -0.39 is 5.82 Å². The maximum absolute atomic E-state index is 13.9. The highest BCUT2D eigenvalue weighted by Crippen LogP contribution is 2.22. The summed E-state index contributed by atoms with van der Waals surface area (Å²) in [4.78, 5) is 15.7. The number of nitrogens with one attached hydrogen (secondary N) is 1. The molecule has 0 aliphatic carbocycles. The zero-order valence-corrected chi connectivity index (χ0v) is 12.3. The quantitative estimate of drug-likeness (QED) is 0.859. The SMILES string of the molecule is CC(N)CC(=O)Nc1ccc(OCc2ccccn2)c(F)c1. The van der Waals surface area contributed by atoms with Gasteiger partial charge in [-0.2, -0.15) is 0 Å². The number of pyridine rings is 1. The number of anilines is 1. The van der Waals surface area contributed by atoms with Crippen molar-refractivity contribution in [2.24, 2.45) is 5.73 Å². The molecule has 1 atom stereocenters. The lowest BCUT2D eigenvalue weighted by Gasteiger charge is -2.10. The van der Waals surface area contributed by atoms with Gasteiger partial charge in [0, 0.05) is 30.4 Å². The van der Waals surface area contributed by atoms with Gasteiger partial charge in [0.2, 0.25) is 5.91 Å². The van der Waals surface area contributed by atoms with E-state index in [1.807, 2.05) is 6.07 Å². The second-order valence-corrected chi connectivity index (χ2v) is 4.98. The summed E-state index contributed by atoms with van der Waals surface area (Å²) in [6.07, 6.45) is 1.83. The van der Waals surface area contributed by atoms with Crippen LogP contribution in [0.5, 0.6) is 5.75 Å².